The summed E-state index contributed by atoms with van der Waals surface area (Å²) in [7, 11) is 0. The lowest BCUT2D eigenvalue weighted by Crippen LogP contribution is -1.92. The van der Waals surface area contributed by atoms with Crippen molar-refractivity contribution in [1.29, 1.82) is 0 Å². The van der Waals surface area contributed by atoms with Gasteiger partial charge < -0.3 is 0 Å². The number of hydrogen-bond donors (Lipinski definition) is 0. The van der Waals surface area contributed by atoms with Gasteiger partial charge in [-0.3, -0.25) is 0 Å². The molecule has 0 spiro atoms. The predicted octanol–water partition coefficient (Wildman–Crippen LogP) is 2.68. The molecule has 0 aliphatic rings. The Balaban J connectivity index is 2.22. The molecule has 0 fully saturated rings. The van der Waals surface area contributed by atoms with Gasteiger partial charge in [-0.1, -0.05) is 18.2 Å². The van der Waals surface area contributed by atoms with Crippen molar-refractivity contribution in [3.05, 3.63) is 59.2 Å². The van der Waals surface area contributed by atoms with Crippen LogP contribution in [-0.4, -0.2) is 9.97 Å². The van der Waals surface area contributed by atoms with E-state index in [0.717, 1.165) is 12.0 Å². The molecule has 2 heteroatoms. The zero-order valence-electron chi connectivity index (χ0n) is 9.07. The molecule has 0 unspecified atom stereocenters. The lowest BCUT2D eigenvalue weighted by atomic mass is 10.0. The largest absolute Gasteiger partial charge is 0.245 e. The van der Waals surface area contributed by atoms with E-state index in [1.807, 2.05) is 12.4 Å². The zero-order valence-corrected chi connectivity index (χ0v) is 9.07. The topological polar surface area (TPSA) is 25.8 Å². The third-order valence-electron chi connectivity index (χ3n) is 2.59. The van der Waals surface area contributed by atoms with Crippen molar-refractivity contribution in [3.8, 4) is 0 Å². The van der Waals surface area contributed by atoms with Crippen molar-refractivity contribution in [2.75, 3.05) is 0 Å². The van der Waals surface area contributed by atoms with Crippen LogP contribution < -0.4 is 0 Å². The molecule has 0 bridgehead atoms. The lowest BCUT2D eigenvalue weighted by molar-refractivity contribution is 1.07. The number of nitrogens with zero attached hydrogens (tertiary/aromatic N) is 2. The fourth-order valence-corrected chi connectivity index (χ4v) is 1.57. The van der Waals surface area contributed by atoms with E-state index in [4.69, 9.17) is 0 Å². The smallest absolute Gasteiger partial charge is 0.115 e. The van der Waals surface area contributed by atoms with Crippen LogP contribution in [0.1, 0.15) is 22.3 Å². The molecule has 0 saturated carbocycles. The van der Waals surface area contributed by atoms with Gasteiger partial charge in [-0.25, -0.2) is 9.97 Å². The fourth-order valence-electron chi connectivity index (χ4n) is 1.57. The van der Waals surface area contributed by atoms with Crippen molar-refractivity contribution < 1.29 is 0 Å². The summed E-state index contributed by atoms with van der Waals surface area (Å²) in [5, 5.41) is 0. The van der Waals surface area contributed by atoms with Gasteiger partial charge in [0.15, 0.2) is 0 Å². The third kappa shape index (κ3) is 2.40. The van der Waals surface area contributed by atoms with Gasteiger partial charge in [-0.2, -0.15) is 0 Å². The summed E-state index contributed by atoms with van der Waals surface area (Å²) < 4.78 is 0. The Morgan fingerprint density at radius 3 is 2.33 bits per heavy atom. The minimum absolute atomic E-state index is 0.905. The molecule has 0 atom stereocenters. The van der Waals surface area contributed by atoms with E-state index in [2.05, 4.69) is 42.0 Å². The van der Waals surface area contributed by atoms with Crippen LogP contribution in [0.4, 0.5) is 0 Å². The number of aryl methyl sites for hydroxylation is 2. The fraction of sp³-hybridized carbons (Fsp3) is 0.231. The van der Waals surface area contributed by atoms with Crippen molar-refractivity contribution in [2.24, 2.45) is 0 Å². The Morgan fingerprint density at radius 1 is 0.933 bits per heavy atom. The summed E-state index contributed by atoms with van der Waals surface area (Å²) >= 11 is 0. The molecule has 0 aliphatic carbocycles. The van der Waals surface area contributed by atoms with Crippen molar-refractivity contribution in [1.82, 2.24) is 9.97 Å². The highest BCUT2D eigenvalue weighted by Gasteiger charge is 1.98. The van der Waals surface area contributed by atoms with Gasteiger partial charge in [-0.15, -0.1) is 0 Å². The van der Waals surface area contributed by atoms with Crippen molar-refractivity contribution in [2.45, 2.75) is 20.3 Å². The summed E-state index contributed by atoms with van der Waals surface area (Å²) in [5.41, 5.74) is 5.14. The lowest BCUT2D eigenvalue weighted by Gasteiger charge is -2.04. The van der Waals surface area contributed by atoms with Crippen LogP contribution in [0.3, 0.4) is 0 Å². The van der Waals surface area contributed by atoms with Gasteiger partial charge in [0.25, 0.3) is 0 Å². The standard InChI is InChI=1S/C13H14N2/c1-10-3-4-12(5-11(10)2)6-13-7-14-9-15-8-13/h3-5,7-9H,6H2,1-2H3. The number of benzene rings is 1. The molecular weight excluding hydrogens is 184 g/mol. The normalized spacial score (nSPS) is 10.3. The quantitative estimate of drug-likeness (QED) is 0.741. The van der Waals surface area contributed by atoms with E-state index in [1.165, 1.54) is 16.7 Å². The SMILES string of the molecule is Cc1ccc(Cc2cncnc2)cc1C. The molecule has 0 N–H and O–H groups in total. The average Bonchev–Trinajstić information content (AvgIpc) is 2.25. The highest BCUT2D eigenvalue weighted by molar-refractivity contribution is 5.32. The Bertz CT molecular complexity index is 449. The van der Waals surface area contributed by atoms with Crippen LogP contribution >= 0.6 is 0 Å². The van der Waals surface area contributed by atoms with Crippen molar-refractivity contribution in [3.63, 3.8) is 0 Å². The Morgan fingerprint density at radius 2 is 1.67 bits per heavy atom. The first-order valence-electron chi connectivity index (χ1n) is 5.06. The third-order valence-corrected chi connectivity index (χ3v) is 2.59. The molecule has 15 heavy (non-hydrogen) atoms. The van der Waals surface area contributed by atoms with Gasteiger partial charge >= 0.3 is 0 Å². The van der Waals surface area contributed by atoms with E-state index >= 15 is 0 Å². The molecule has 2 rings (SSSR count). The molecule has 1 aromatic carbocycles. The summed E-state index contributed by atoms with van der Waals surface area (Å²) in [6, 6.07) is 6.55. The Kier molecular flexibility index (Phi) is 2.77. The first kappa shape index (κ1) is 9.84. The van der Waals surface area contributed by atoms with Gasteiger partial charge in [0.1, 0.15) is 6.33 Å². The predicted molar refractivity (Wildman–Crippen MR) is 60.8 cm³/mol. The maximum atomic E-state index is 4.01. The van der Waals surface area contributed by atoms with Crippen molar-refractivity contribution >= 4 is 0 Å². The molecule has 76 valence electrons. The molecule has 1 heterocycles. The second kappa shape index (κ2) is 4.22. The van der Waals surface area contributed by atoms with Crippen LogP contribution in [0.15, 0.2) is 36.9 Å². The van der Waals surface area contributed by atoms with Crippen LogP contribution in [-0.2, 0) is 6.42 Å². The first-order valence-corrected chi connectivity index (χ1v) is 5.06. The van der Waals surface area contributed by atoms with Crippen LogP contribution in [0.2, 0.25) is 0 Å². The van der Waals surface area contributed by atoms with E-state index < -0.39 is 0 Å². The van der Waals surface area contributed by atoms with E-state index in [0.29, 0.717) is 0 Å². The minimum atomic E-state index is 0.905. The average molecular weight is 198 g/mol. The molecule has 2 aromatic rings. The number of hydrogen-bond acceptors (Lipinski definition) is 2. The number of rotatable bonds is 2. The minimum Gasteiger partial charge on any atom is -0.245 e. The molecule has 1 aromatic heterocycles. The van der Waals surface area contributed by atoms with Gasteiger partial charge in [0, 0.05) is 18.8 Å². The molecule has 0 amide bonds. The number of aromatic nitrogens is 2. The van der Waals surface area contributed by atoms with E-state index in [1.54, 1.807) is 6.33 Å². The van der Waals surface area contributed by atoms with Crippen LogP contribution in [0, 0.1) is 13.8 Å². The highest BCUT2D eigenvalue weighted by atomic mass is 14.8. The first-order chi connectivity index (χ1) is 7.25. The maximum absolute atomic E-state index is 4.01. The van der Waals surface area contributed by atoms with E-state index in [9.17, 15) is 0 Å². The molecule has 0 aliphatic heterocycles. The molecule has 0 radical (unpaired) electrons. The van der Waals surface area contributed by atoms with E-state index in [-0.39, 0.29) is 0 Å². The second-order valence-electron chi connectivity index (χ2n) is 3.84. The second-order valence-corrected chi connectivity index (χ2v) is 3.84. The molecule has 2 nitrogen and oxygen atoms in total. The zero-order chi connectivity index (χ0) is 10.7. The summed E-state index contributed by atoms with van der Waals surface area (Å²) in [4.78, 5) is 8.02. The summed E-state index contributed by atoms with van der Waals surface area (Å²) in [5.74, 6) is 0. The Labute approximate surface area is 90.0 Å². The van der Waals surface area contributed by atoms with Gasteiger partial charge in [0.05, 0.1) is 0 Å². The van der Waals surface area contributed by atoms with Crippen LogP contribution in [0.5, 0.6) is 0 Å². The van der Waals surface area contributed by atoms with Gasteiger partial charge in [-0.05, 0) is 36.1 Å². The van der Waals surface area contributed by atoms with Gasteiger partial charge in [0.2, 0.25) is 0 Å². The molecular formula is C13H14N2. The summed E-state index contributed by atoms with van der Waals surface area (Å²) in [6.45, 7) is 4.27. The maximum Gasteiger partial charge on any atom is 0.115 e. The molecule has 0 saturated heterocycles. The highest BCUT2D eigenvalue weighted by Crippen LogP contribution is 2.12. The monoisotopic (exact) mass is 198 g/mol. The Hall–Kier alpha value is -1.70. The van der Waals surface area contributed by atoms with Crippen LogP contribution in [0.25, 0.3) is 0 Å². The summed E-state index contributed by atoms with van der Waals surface area (Å²) in [6.07, 6.45) is 6.19.